The molecule has 0 aliphatic carbocycles. The molecule has 0 saturated heterocycles. The van der Waals surface area contributed by atoms with E-state index in [0.29, 0.717) is 23.3 Å². The fraction of sp³-hybridized carbons (Fsp3) is 0.350. The molecule has 27 heavy (non-hydrogen) atoms. The summed E-state index contributed by atoms with van der Waals surface area (Å²) >= 11 is 1.30. The number of benzene rings is 1. The van der Waals surface area contributed by atoms with Crippen LogP contribution in [0.1, 0.15) is 31.0 Å². The molecule has 1 aromatic carbocycles. The molecule has 0 unspecified atom stereocenters. The highest BCUT2D eigenvalue weighted by Crippen LogP contribution is 2.20. The third kappa shape index (κ3) is 3.02. The van der Waals surface area contributed by atoms with Gasteiger partial charge in [0.15, 0.2) is 0 Å². The Kier molecular flexibility index (Phi) is 4.47. The Morgan fingerprint density at radius 3 is 2.63 bits per heavy atom. The summed E-state index contributed by atoms with van der Waals surface area (Å²) in [6.07, 6.45) is 0.816. The largest absolute Gasteiger partial charge is 0.336 e. The molecule has 7 heteroatoms. The smallest absolute Gasteiger partial charge is 0.332 e. The van der Waals surface area contributed by atoms with Crippen LogP contribution >= 0.6 is 11.3 Å². The van der Waals surface area contributed by atoms with E-state index in [1.54, 1.807) is 30.2 Å². The van der Waals surface area contributed by atoms with Crippen molar-refractivity contribution in [2.45, 2.75) is 39.4 Å². The Morgan fingerprint density at radius 2 is 1.89 bits per heavy atom. The lowest BCUT2D eigenvalue weighted by molar-refractivity contribution is -0.132. The van der Waals surface area contributed by atoms with Gasteiger partial charge in [0.2, 0.25) is 5.91 Å². The molecule has 6 nitrogen and oxygen atoms in total. The van der Waals surface area contributed by atoms with Gasteiger partial charge in [-0.15, -0.1) is 11.3 Å². The molecule has 0 saturated carbocycles. The number of thiophene rings is 1. The van der Waals surface area contributed by atoms with Crippen LogP contribution in [0.3, 0.4) is 0 Å². The molecular formula is C20H21N3O3S. The molecule has 1 amide bonds. The summed E-state index contributed by atoms with van der Waals surface area (Å²) in [5, 5.41) is 1.79. The molecule has 4 rings (SSSR count). The van der Waals surface area contributed by atoms with E-state index in [-0.39, 0.29) is 24.1 Å². The number of carbonyl (C=O) groups is 1. The summed E-state index contributed by atoms with van der Waals surface area (Å²) < 4.78 is 3.19. The molecule has 0 spiro atoms. The van der Waals surface area contributed by atoms with E-state index >= 15 is 0 Å². The topological polar surface area (TPSA) is 64.3 Å². The predicted molar refractivity (Wildman–Crippen MR) is 106 cm³/mol. The molecule has 2 aromatic heterocycles. The molecule has 3 aromatic rings. The first kappa shape index (κ1) is 17.7. The average molecular weight is 383 g/mol. The molecule has 0 N–H and O–H groups in total. The summed E-state index contributed by atoms with van der Waals surface area (Å²) in [4.78, 5) is 40.2. The Hall–Kier alpha value is -2.67. The van der Waals surface area contributed by atoms with E-state index in [4.69, 9.17) is 0 Å². The third-order valence-corrected chi connectivity index (χ3v) is 5.97. The second-order valence-electron chi connectivity index (χ2n) is 7.11. The van der Waals surface area contributed by atoms with Crippen LogP contribution < -0.4 is 11.2 Å². The van der Waals surface area contributed by atoms with E-state index in [9.17, 15) is 14.4 Å². The van der Waals surface area contributed by atoms with Crippen LogP contribution in [0.2, 0.25) is 0 Å². The molecule has 1 aliphatic heterocycles. The van der Waals surface area contributed by atoms with Crippen molar-refractivity contribution >= 4 is 27.5 Å². The zero-order chi connectivity index (χ0) is 19.1. The van der Waals surface area contributed by atoms with Crippen molar-refractivity contribution in [3.8, 4) is 0 Å². The van der Waals surface area contributed by atoms with Gasteiger partial charge < -0.3 is 4.90 Å². The van der Waals surface area contributed by atoms with E-state index in [1.165, 1.54) is 26.0 Å². The fourth-order valence-corrected chi connectivity index (χ4v) is 4.49. The lowest BCUT2D eigenvalue weighted by Crippen LogP contribution is -2.44. The predicted octanol–water partition coefficient (Wildman–Crippen LogP) is 2.39. The average Bonchev–Trinajstić information content (AvgIpc) is 3.14. The highest BCUT2D eigenvalue weighted by atomic mass is 32.1. The van der Waals surface area contributed by atoms with Gasteiger partial charge in [0.25, 0.3) is 5.56 Å². The van der Waals surface area contributed by atoms with Gasteiger partial charge in [0.05, 0.1) is 5.52 Å². The fourth-order valence-electron chi connectivity index (χ4n) is 3.66. The van der Waals surface area contributed by atoms with E-state index in [0.717, 1.165) is 12.0 Å². The second kappa shape index (κ2) is 6.81. The van der Waals surface area contributed by atoms with Crippen LogP contribution in [0.25, 0.3) is 10.2 Å². The minimum absolute atomic E-state index is 0.0543. The van der Waals surface area contributed by atoms with Gasteiger partial charge in [-0.25, -0.2) is 4.79 Å². The highest BCUT2D eigenvalue weighted by molar-refractivity contribution is 7.17. The van der Waals surface area contributed by atoms with Gasteiger partial charge in [-0.1, -0.05) is 24.3 Å². The number of fused-ring (bicyclic) bond motifs is 2. The number of nitrogens with zero attached hydrogens (tertiary/aromatic N) is 3. The first-order valence-corrected chi connectivity index (χ1v) is 9.92. The number of aromatic nitrogens is 2. The monoisotopic (exact) mass is 383 g/mol. The van der Waals surface area contributed by atoms with Crippen LogP contribution in [0, 0.1) is 0 Å². The Morgan fingerprint density at radius 1 is 1.15 bits per heavy atom. The number of amides is 1. The van der Waals surface area contributed by atoms with Crippen LogP contribution in [0.15, 0.2) is 45.3 Å². The molecule has 0 atom stereocenters. The molecule has 0 radical (unpaired) electrons. The summed E-state index contributed by atoms with van der Waals surface area (Å²) in [5.74, 6) is -0.104. The van der Waals surface area contributed by atoms with E-state index in [2.05, 4.69) is 6.07 Å². The molecule has 0 fully saturated rings. The van der Waals surface area contributed by atoms with Crippen LogP contribution in [0.4, 0.5) is 0 Å². The molecule has 0 bridgehead atoms. The number of hydrogen-bond acceptors (Lipinski definition) is 4. The van der Waals surface area contributed by atoms with Crippen molar-refractivity contribution in [2.75, 3.05) is 6.54 Å². The molecule has 140 valence electrons. The SMILES string of the molecule is CC(C)n1c(=O)c2sccc2n(CC(=O)N2CCc3ccccc3C2)c1=O. The minimum atomic E-state index is -0.424. The minimum Gasteiger partial charge on any atom is -0.336 e. The highest BCUT2D eigenvalue weighted by Gasteiger charge is 2.23. The maximum Gasteiger partial charge on any atom is 0.332 e. The van der Waals surface area contributed by atoms with Crippen LogP contribution in [-0.2, 0) is 24.3 Å². The lowest BCUT2D eigenvalue weighted by atomic mass is 10.00. The Labute approximate surface area is 160 Å². The van der Waals surface area contributed by atoms with Crippen LogP contribution in [0.5, 0.6) is 0 Å². The van der Waals surface area contributed by atoms with Crippen molar-refractivity contribution in [3.63, 3.8) is 0 Å². The summed E-state index contributed by atoms with van der Waals surface area (Å²) in [6.45, 7) is 4.74. The maximum atomic E-state index is 12.9. The summed E-state index contributed by atoms with van der Waals surface area (Å²) in [5.41, 5.74) is 2.25. The number of hydrogen-bond donors (Lipinski definition) is 0. The standard InChI is InChI=1S/C20H21N3O3S/c1-13(2)23-19(25)18-16(8-10-27-18)22(20(23)26)12-17(24)21-9-7-14-5-3-4-6-15(14)11-21/h3-6,8,10,13H,7,9,11-12H2,1-2H3. The summed E-state index contributed by atoms with van der Waals surface area (Å²) in [7, 11) is 0. The molecular weight excluding hydrogens is 362 g/mol. The van der Waals surface area contributed by atoms with E-state index < -0.39 is 5.69 Å². The Bertz CT molecular complexity index is 1140. The molecule has 1 aliphatic rings. The van der Waals surface area contributed by atoms with Crippen LogP contribution in [-0.4, -0.2) is 26.5 Å². The first-order chi connectivity index (χ1) is 13.0. The van der Waals surface area contributed by atoms with Gasteiger partial charge >= 0.3 is 5.69 Å². The van der Waals surface area contributed by atoms with Gasteiger partial charge in [-0.2, -0.15) is 0 Å². The van der Waals surface area contributed by atoms with Gasteiger partial charge in [-0.05, 0) is 42.8 Å². The zero-order valence-electron chi connectivity index (χ0n) is 15.3. The lowest BCUT2D eigenvalue weighted by Gasteiger charge is -2.29. The number of carbonyl (C=O) groups excluding carboxylic acids is 1. The quantitative estimate of drug-likeness (QED) is 0.698. The van der Waals surface area contributed by atoms with Crippen molar-refractivity contribution in [2.24, 2.45) is 0 Å². The van der Waals surface area contributed by atoms with Crippen molar-refractivity contribution < 1.29 is 4.79 Å². The van der Waals surface area contributed by atoms with Gasteiger partial charge in [-0.3, -0.25) is 18.7 Å². The van der Waals surface area contributed by atoms with Crippen molar-refractivity contribution in [1.82, 2.24) is 14.0 Å². The molecule has 3 heterocycles. The maximum absolute atomic E-state index is 12.9. The first-order valence-electron chi connectivity index (χ1n) is 9.04. The Balaban J connectivity index is 1.70. The van der Waals surface area contributed by atoms with Gasteiger partial charge in [0, 0.05) is 19.1 Å². The third-order valence-electron chi connectivity index (χ3n) is 5.08. The summed E-state index contributed by atoms with van der Waals surface area (Å²) in [6, 6.07) is 9.60. The van der Waals surface area contributed by atoms with Crippen molar-refractivity contribution in [3.05, 3.63) is 67.7 Å². The number of rotatable bonds is 3. The second-order valence-corrected chi connectivity index (χ2v) is 8.02. The normalized spacial score (nSPS) is 14.0. The van der Waals surface area contributed by atoms with Crippen molar-refractivity contribution in [1.29, 1.82) is 0 Å². The van der Waals surface area contributed by atoms with E-state index in [1.807, 2.05) is 18.2 Å². The zero-order valence-corrected chi connectivity index (χ0v) is 16.2. The van der Waals surface area contributed by atoms with Gasteiger partial charge in [0.1, 0.15) is 11.2 Å².